The molecule has 0 radical (unpaired) electrons. The van der Waals surface area contributed by atoms with Crippen molar-refractivity contribution in [2.45, 2.75) is 18.9 Å². The Morgan fingerprint density at radius 3 is 2.29 bits per heavy atom. The van der Waals surface area contributed by atoms with Crippen LogP contribution in [0.3, 0.4) is 0 Å². The summed E-state index contributed by atoms with van der Waals surface area (Å²) >= 11 is 0. The Morgan fingerprint density at radius 1 is 1.00 bits per heavy atom. The maximum Gasteiger partial charge on any atom is 0.303 e. The molecule has 0 spiro atoms. The topological polar surface area (TPSA) is 113 Å². The minimum atomic E-state index is -0.997. The van der Waals surface area contributed by atoms with E-state index in [1.165, 1.54) is 19.1 Å². The summed E-state index contributed by atoms with van der Waals surface area (Å²) in [4.78, 5) is 37.9. The highest BCUT2D eigenvalue weighted by Gasteiger charge is 2.46. The number of ether oxygens (including phenoxy) is 2. The van der Waals surface area contributed by atoms with Gasteiger partial charge in [0.1, 0.15) is 5.76 Å². The minimum absolute atomic E-state index is 0.0431. The number of carboxylic acids is 1. The van der Waals surface area contributed by atoms with E-state index < -0.39 is 23.7 Å². The third kappa shape index (κ3) is 4.37. The first-order valence-corrected chi connectivity index (χ1v) is 9.66. The summed E-state index contributed by atoms with van der Waals surface area (Å²) in [5.74, 6) is -2.03. The predicted octanol–water partition coefficient (Wildman–Crippen LogP) is 2.99. The Labute approximate surface area is 179 Å². The highest BCUT2D eigenvalue weighted by molar-refractivity contribution is 6.46. The highest BCUT2D eigenvalue weighted by Crippen LogP contribution is 2.42. The lowest BCUT2D eigenvalue weighted by Gasteiger charge is -2.25. The molecule has 1 heterocycles. The number of ketones is 1. The van der Waals surface area contributed by atoms with Gasteiger partial charge in [-0.25, -0.2) is 0 Å². The summed E-state index contributed by atoms with van der Waals surface area (Å²) in [5.41, 5.74) is 0.875. The average Bonchev–Trinajstić information content (AvgIpc) is 3.03. The van der Waals surface area contributed by atoms with E-state index in [-0.39, 0.29) is 30.7 Å². The molecule has 31 heavy (non-hydrogen) atoms. The molecule has 0 aliphatic carbocycles. The number of rotatable bonds is 8. The molecule has 8 heteroatoms. The van der Waals surface area contributed by atoms with Crippen LogP contribution in [0.15, 0.2) is 54.1 Å². The highest BCUT2D eigenvalue weighted by atomic mass is 16.5. The number of carbonyl (C=O) groups excluding carboxylic acids is 2. The number of nitrogens with zero attached hydrogens (tertiary/aromatic N) is 1. The van der Waals surface area contributed by atoms with E-state index in [1.54, 1.807) is 48.5 Å². The van der Waals surface area contributed by atoms with E-state index >= 15 is 0 Å². The molecule has 8 nitrogen and oxygen atoms in total. The molecule has 1 saturated heterocycles. The van der Waals surface area contributed by atoms with E-state index in [2.05, 4.69) is 0 Å². The summed E-state index contributed by atoms with van der Waals surface area (Å²) in [6.45, 7) is 0.0431. The molecular weight excluding hydrogens is 402 g/mol. The van der Waals surface area contributed by atoms with Gasteiger partial charge in [-0.2, -0.15) is 0 Å². The number of aliphatic hydroxyl groups excluding tert-OH is 1. The molecule has 2 aromatic carbocycles. The van der Waals surface area contributed by atoms with Crippen LogP contribution < -0.4 is 9.47 Å². The first-order chi connectivity index (χ1) is 14.9. The quantitative estimate of drug-likeness (QED) is 0.380. The monoisotopic (exact) mass is 425 g/mol. The Balaban J connectivity index is 2.14. The Bertz CT molecular complexity index is 1030. The van der Waals surface area contributed by atoms with Crippen LogP contribution in [0.25, 0.3) is 5.76 Å². The van der Waals surface area contributed by atoms with Crippen molar-refractivity contribution in [3.8, 4) is 11.5 Å². The average molecular weight is 425 g/mol. The van der Waals surface area contributed by atoms with Crippen LogP contribution in [0.1, 0.15) is 30.0 Å². The van der Waals surface area contributed by atoms with Gasteiger partial charge in [-0.15, -0.1) is 0 Å². The van der Waals surface area contributed by atoms with Gasteiger partial charge in [-0.3, -0.25) is 14.4 Å². The number of carboxylic acid groups (broad SMARTS) is 1. The fourth-order valence-electron chi connectivity index (χ4n) is 3.63. The van der Waals surface area contributed by atoms with E-state index in [0.29, 0.717) is 22.6 Å². The first kappa shape index (κ1) is 21.9. The molecule has 0 bridgehead atoms. The molecule has 1 fully saturated rings. The number of hydrogen-bond acceptors (Lipinski definition) is 6. The zero-order valence-corrected chi connectivity index (χ0v) is 17.2. The van der Waals surface area contributed by atoms with Crippen molar-refractivity contribution >= 4 is 23.4 Å². The number of aliphatic carboxylic acids is 1. The zero-order chi connectivity index (χ0) is 22.5. The summed E-state index contributed by atoms with van der Waals surface area (Å²) < 4.78 is 10.6. The normalized spacial score (nSPS) is 17.6. The molecule has 3 rings (SSSR count). The molecule has 1 aliphatic rings. The minimum Gasteiger partial charge on any atom is -0.507 e. The second-order valence-electron chi connectivity index (χ2n) is 6.97. The maximum atomic E-state index is 12.9. The fourth-order valence-corrected chi connectivity index (χ4v) is 3.63. The van der Waals surface area contributed by atoms with Gasteiger partial charge in [-0.05, 0) is 24.1 Å². The van der Waals surface area contributed by atoms with Crippen LogP contribution in [0.5, 0.6) is 11.5 Å². The molecule has 2 N–H and O–H groups in total. The third-order valence-electron chi connectivity index (χ3n) is 5.10. The number of aliphatic hydroxyl groups is 1. The van der Waals surface area contributed by atoms with E-state index in [0.717, 1.165) is 0 Å². The van der Waals surface area contributed by atoms with E-state index in [4.69, 9.17) is 14.6 Å². The van der Waals surface area contributed by atoms with Crippen LogP contribution in [-0.4, -0.2) is 53.5 Å². The number of benzene rings is 2. The van der Waals surface area contributed by atoms with Crippen molar-refractivity contribution in [2.75, 3.05) is 20.8 Å². The second kappa shape index (κ2) is 9.34. The van der Waals surface area contributed by atoms with Gasteiger partial charge in [0.2, 0.25) is 0 Å². The Hall–Kier alpha value is -3.81. The van der Waals surface area contributed by atoms with Crippen LogP contribution in [0, 0.1) is 0 Å². The summed E-state index contributed by atoms with van der Waals surface area (Å²) in [5, 5.41) is 19.9. The van der Waals surface area contributed by atoms with Gasteiger partial charge in [0.05, 0.1) is 25.8 Å². The van der Waals surface area contributed by atoms with Crippen molar-refractivity contribution in [1.29, 1.82) is 0 Å². The number of Topliss-reactive ketones (excluding diaryl/α,β-unsaturated/α-hetero) is 1. The number of likely N-dealkylation sites (tertiary alicyclic amines) is 1. The molecule has 2 aromatic rings. The summed E-state index contributed by atoms with van der Waals surface area (Å²) in [7, 11) is 2.96. The third-order valence-corrected chi connectivity index (χ3v) is 5.10. The summed E-state index contributed by atoms with van der Waals surface area (Å²) in [6.07, 6.45) is 0.0118. The van der Waals surface area contributed by atoms with Gasteiger partial charge in [0.25, 0.3) is 11.7 Å². The number of hydrogen-bond donors (Lipinski definition) is 2. The van der Waals surface area contributed by atoms with Crippen molar-refractivity contribution in [1.82, 2.24) is 4.90 Å². The van der Waals surface area contributed by atoms with Gasteiger partial charge in [0, 0.05) is 18.5 Å². The van der Waals surface area contributed by atoms with Crippen LogP contribution in [0.4, 0.5) is 0 Å². The van der Waals surface area contributed by atoms with Gasteiger partial charge >= 0.3 is 5.97 Å². The number of carbonyl (C=O) groups is 3. The van der Waals surface area contributed by atoms with Gasteiger partial charge in [0.15, 0.2) is 11.5 Å². The number of amides is 1. The molecule has 1 amide bonds. The fraction of sp³-hybridized carbons (Fsp3) is 0.261. The van der Waals surface area contributed by atoms with E-state index in [1.807, 2.05) is 0 Å². The molecule has 162 valence electrons. The lowest BCUT2D eigenvalue weighted by atomic mass is 9.95. The van der Waals surface area contributed by atoms with Gasteiger partial charge in [-0.1, -0.05) is 36.4 Å². The lowest BCUT2D eigenvalue weighted by Crippen LogP contribution is -2.31. The molecule has 0 saturated carbocycles. The number of methoxy groups -OCH3 is 2. The van der Waals surface area contributed by atoms with E-state index in [9.17, 15) is 19.5 Å². The van der Waals surface area contributed by atoms with Crippen LogP contribution in [-0.2, 0) is 14.4 Å². The van der Waals surface area contributed by atoms with Crippen molar-refractivity contribution in [3.63, 3.8) is 0 Å². The second-order valence-corrected chi connectivity index (χ2v) is 6.97. The molecule has 1 atom stereocenters. The van der Waals surface area contributed by atoms with Gasteiger partial charge < -0.3 is 24.6 Å². The molecular formula is C23H23NO7. The van der Waals surface area contributed by atoms with Crippen LogP contribution in [0.2, 0.25) is 0 Å². The largest absolute Gasteiger partial charge is 0.507 e. The Morgan fingerprint density at radius 2 is 1.68 bits per heavy atom. The van der Waals surface area contributed by atoms with Crippen molar-refractivity contribution in [2.24, 2.45) is 0 Å². The maximum absolute atomic E-state index is 12.9. The molecule has 0 aromatic heterocycles. The molecule has 1 aliphatic heterocycles. The molecule has 0 unspecified atom stereocenters. The Kier molecular flexibility index (Phi) is 6.59. The zero-order valence-electron chi connectivity index (χ0n) is 17.2. The van der Waals surface area contributed by atoms with Crippen LogP contribution >= 0.6 is 0 Å². The SMILES string of the molecule is COc1ccc([C@H]2/C(=C(/O)c3ccccc3)C(=O)C(=O)N2CCCC(=O)O)cc1OC. The first-order valence-electron chi connectivity index (χ1n) is 9.66. The standard InChI is InChI=1S/C23H23NO7/c1-30-16-11-10-15(13-17(16)31-2)20-19(21(27)14-7-4-3-5-8-14)22(28)23(29)24(20)12-6-9-18(25)26/h3-5,7-8,10-11,13,20,27H,6,9,12H2,1-2H3,(H,25,26)/b21-19-/t20-/m0/s1. The predicted molar refractivity (Wildman–Crippen MR) is 112 cm³/mol. The van der Waals surface area contributed by atoms with Crippen molar-refractivity contribution < 1.29 is 34.1 Å². The summed E-state index contributed by atoms with van der Waals surface area (Å²) in [6, 6.07) is 12.5. The van der Waals surface area contributed by atoms with Crippen molar-refractivity contribution in [3.05, 3.63) is 65.2 Å². The lowest BCUT2D eigenvalue weighted by molar-refractivity contribution is -0.140. The smallest absolute Gasteiger partial charge is 0.303 e.